The van der Waals surface area contributed by atoms with Crippen molar-refractivity contribution in [3.8, 4) is 0 Å². The van der Waals surface area contributed by atoms with Gasteiger partial charge in [0.05, 0.1) is 6.10 Å². The fourth-order valence-electron chi connectivity index (χ4n) is 5.27. The molecular weight excluding hydrogens is 212 g/mol. The maximum Gasteiger partial charge on any atom is 0.165 e. The number of Topliss-reactive ketones (excluding diaryl/α,β-unsaturated/α-hetero) is 1. The monoisotopic (exact) mass is 234 g/mol. The first kappa shape index (κ1) is 11.5. The fraction of sp³-hybridized carbons (Fsp3) is 0.800. The van der Waals surface area contributed by atoms with E-state index in [1.54, 1.807) is 0 Å². The zero-order valence-corrected chi connectivity index (χ0v) is 11.2. The van der Waals surface area contributed by atoms with E-state index >= 15 is 0 Å². The zero-order chi connectivity index (χ0) is 12.6. The van der Waals surface area contributed by atoms with Gasteiger partial charge < -0.3 is 5.11 Å². The van der Waals surface area contributed by atoms with Gasteiger partial charge in [-0.25, -0.2) is 0 Å². The molecule has 0 aromatic rings. The van der Waals surface area contributed by atoms with Crippen molar-refractivity contribution < 1.29 is 9.90 Å². The van der Waals surface area contributed by atoms with Gasteiger partial charge in [-0.1, -0.05) is 19.4 Å². The van der Waals surface area contributed by atoms with E-state index in [0.717, 1.165) is 24.8 Å². The summed E-state index contributed by atoms with van der Waals surface area (Å²) in [7, 11) is 0. The molecule has 2 saturated carbocycles. The van der Waals surface area contributed by atoms with Crippen LogP contribution in [-0.2, 0) is 4.79 Å². The Kier molecular flexibility index (Phi) is 2.04. The van der Waals surface area contributed by atoms with Crippen LogP contribution in [0.25, 0.3) is 0 Å². The van der Waals surface area contributed by atoms with E-state index in [2.05, 4.69) is 20.8 Å². The first-order valence-electron chi connectivity index (χ1n) is 6.77. The molecule has 0 amide bonds. The van der Waals surface area contributed by atoms with E-state index in [-0.39, 0.29) is 16.9 Å². The third-order valence-electron chi connectivity index (χ3n) is 6.42. The molecule has 3 aliphatic rings. The quantitative estimate of drug-likeness (QED) is 0.699. The van der Waals surface area contributed by atoms with E-state index in [0.29, 0.717) is 17.6 Å². The van der Waals surface area contributed by atoms with E-state index in [1.165, 1.54) is 5.57 Å². The third kappa shape index (κ3) is 0.965. The van der Waals surface area contributed by atoms with Crippen molar-refractivity contribution in [1.29, 1.82) is 0 Å². The number of aliphatic hydroxyl groups is 1. The Bertz CT molecular complexity index is 436. The van der Waals surface area contributed by atoms with Gasteiger partial charge in [0.2, 0.25) is 0 Å². The predicted octanol–water partition coefficient (Wildman–Crippen LogP) is 2.71. The minimum Gasteiger partial charge on any atom is -0.393 e. The maximum atomic E-state index is 12.5. The van der Waals surface area contributed by atoms with Crippen LogP contribution < -0.4 is 0 Å². The van der Waals surface area contributed by atoms with E-state index in [4.69, 9.17) is 0 Å². The summed E-state index contributed by atoms with van der Waals surface area (Å²) in [6, 6.07) is 0. The molecule has 2 fully saturated rings. The second kappa shape index (κ2) is 3.03. The van der Waals surface area contributed by atoms with Gasteiger partial charge >= 0.3 is 0 Å². The van der Waals surface area contributed by atoms with Crippen LogP contribution in [0.15, 0.2) is 11.1 Å². The lowest BCUT2D eigenvalue weighted by Crippen LogP contribution is -2.38. The van der Waals surface area contributed by atoms with Crippen molar-refractivity contribution in [2.75, 3.05) is 0 Å². The topological polar surface area (TPSA) is 37.3 Å². The molecule has 0 bridgehead atoms. The Hall–Kier alpha value is -0.630. The number of rotatable bonds is 0. The molecule has 0 radical (unpaired) electrons. The van der Waals surface area contributed by atoms with Gasteiger partial charge in [0.1, 0.15) is 0 Å². The van der Waals surface area contributed by atoms with Gasteiger partial charge in [-0.3, -0.25) is 4.79 Å². The average Bonchev–Trinajstić information content (AvgIpc) is 2.77. The van der Waals surface area contributed by atoms with Crippen LogP contribution in [0.5, 0.6) is 0 Å². The Morgan fingerprint density at radius 1 is 1.35 bits per heavy atom. The molecule has 1 N–H and O–H groups in total. The standard InChI is InChI=1S/C15H22O2/c1-8-10(3)15-7-12(16)9(2)11(15)5-6-14(15,4)13(8)17/h9,11-12,16H,5-7H2,1-4H3/t9-,11-,12-,14-,15-/m0/s1. The molecule has 94 valence electrons. The molecule has 1 spiro atoms. The number of aliphatic hydroxyl groups excluding tert-OH is 1. The molecule has 3 rings (SSSR count). The molecule has 0 aliphatic heterocycles. The SMILES string of the molecule is CC1=C(C)[C@@]23C[C@H](O)[C@@H](C)[C@@H]2CC[C@@]3(C)C1=O. The highest BCUT2D eigenvalue weighted by Gasteiger charge is 2.70. The Balaban J connectivity index is 2.21. The lowest BCUT2D eigenvalue weighted by molar-refractivity contribution is -0.126. The molecule has 2 nitrogen and oxygen atoms in total. The zero-order valence-electron chi connectivity index (χ0n) is 11.2. The molecule has 0 aromatic heterocycles. The second-order valence-corrected chi connectivity index (χ2v) is 6.66. The number of ketones is 1. The van der Waals surface area contributed by atoms with Gasteiger partial charge in [-0.05, 0) is 50.5 Å². The first-order valence-corrected chi connectivity index (χ1v) is 6.77. The van der Waals surface area contributed by atoms with Gasteiger partial charge in [-0.2, -0.15) is 0 Å². The van der Waals surface area contributed by atoms with Crippen LogP contribution in [0.4, 0.5) is 0 Å². The maximum absolute atomic E-state index is 12.5. The Morgan fingerprint density at radius 2 is 2.00 bits per heavy atom. The number of carbonyl (C=O) groups excluding carboxylic acids is 1. The highest BCUT2D eigenvalue weighted by Crippen LogP contribution is 2.72. The van der Waals surface area contributed by atoms with E-state index in [9.17, 15) is 9.90 Å². The minimum atomic E-state index is -0.228. The van der Waals surface area contributed by atoms with Crippen LogP contribution in [0.2, 0.25) is 0 Å². The van der Waals surface area contributed by atoms with Gasteiger partial charge in [0, 0.05) is 10.8 Å². The van der Waals surface area contributed by atoms with Crippen LogP contribution >= 0.6 is 0 Å². The fourth-order valence-corrected chi connectivity index (χ4v) is 5.27. The Labute approximate surface area is 103 Å². The highest BCUT2D eigenvalue weighted by atomic mass is 16.3. The highest BCUT2D eigenvalue weighted by molar-refractivity contribution is 6.04. The van der Waals surface area contributed by atoms with Crippen molar-refractivity contribution in [2.24, 2.45) is 22.7 Å². The number of carbonyl (C=O) groups is 1. The first-order chi connectivity index (χ1) is 7.86. The van der Waals surface area contributed by atoms with Crippen molar-refractivity contribution in [2.45, 2.75) is 53.1 Å². The predicted molar refractivity (Wildman–Crippen MR) is 66.4 cm³/mol. The largest absolute Gasteiger partial charge is 0.393 e. The molecular formula is C15H22O2. The minimum absolute atomic E-state index is 0.0208. The summed E-state index contributed by atoms with van der Waals surface area (Å²) in [5.74, 6) is 1.19. The summed E-state index contributed by atoms with van der Waals surface area (Å²) in [6.45, 7) is 8.39. The molecule has 17 heavy (non-hydrogen) atoms. The van der Waals surface area contributed by atoms with E-state index in [1.807, 2.05) is 6.92 Å². The molecule has 0 heterocycles. The summed E-state index contributed by atoms with van der Waals surface area (Å²) in [5, 5.41) is 10.2. The summed E-state index contributed by atoms with van der Waals surface area (Å²) in [6.07, 6.45) is 2.67. The second-order valence-electron chi connectivity index (χ2n) is 6.66. The summed E-state index contributed by atoms with van der Waals surface area (Å²) < 4.78 is 0. The van der Waals surface area contributed by atoms with Gasteiger partial charge in [-0.15, -0.1) is 0 Å². The van der Waals surface area contributed by atoms with Crippen molar-refractivity contribution >= 4 is 5.78 Å². The number of allylic oxidation sites excluding steroid dienone is 2. The van der Waals surface area contributed by atoms with Crippen LogP contribution in [0.3, 0.4) is 0 Å². The summed E-state index contributed by atoms with van der Waals surface area (Å²) >= 11 is 0. The molecule has 2 heteroatoms. The lowest BCUT2D eigenvalue weighted by atomic mass is 9.63. The molecule has 0 saturated heterocycles. The van der Waals surface area contributed by atoms with Gasteiger partial charge in [0.25, 0.3) is 0 Å². The molecule has 0 unspecified atom stereocenters. The summed E-state index contributed by atoms with van der Waals surface area (Å²) in [5.41, 5.74) is 2.00. The lowest BCUT2D eigenvalue weighted by Gasteiger charge is -2.39. The normalized spacial score (nSPS) is 53.2. The van der Waals surface area contributed by atoms with Crippen molar-refractivity contribution in [1.82, 2.24) is 0 Å². The van der Waals surface area contributed by atoms with Crippen molar-refractivity contribution in [3.05, 3.63) is 11.1 Å². The van der Waals surface area contributed by atoms with Crippen LogP contribution in [0, 0.1) is 22.7 Å². The third-order valence-corrected chi connectivity index (χ3v) is 6.42. The number of hydrogen-bond donors (Lipinski definition) is 1. The molecule has 5 atom stereocenters. The summed E-state index contributed by atoms with van der Waals surface area (Å²) in [4.78, 5) is 12.5. The van der Waals surface area contributed by atoms with Crippen LogP contribution in [-0.4, -0.2) is 17.0 Å². The van der Waals surface area contributed by atoms with Gasteiger partial charge in [0.15, 0.2) is 5.78 Å². The van der Waals surface area contributed by atoms with Crippen molar-refractivity contribution in [3.63, 3.8) is 0 Å². The molecule has 3 aliphatic carbocycles. The smallest absolute Gasteiger partial charge is 0.165 e. The average molecular weight is 234 g/mol. The Morgan fingerprint density at radius 3 is 2.65 bits per heavy atom. The molecule has 0 aromatic carbocycles. The van der Waals surface area contributed by atoms with Crippen LogP contribution in [0.1, 0.15) is 47.0 Å². The van der Waals surface area contributed by atoms with E-state index < -0.39 is 0 Å². The number of hydrogen-bond acceptors (Lipinski definition) is 2.